The highest BCUT2D eigenvalue weighted by Gasteiger charge is 2.34. The Morgan fingerprint density at radius 2 is 1.86 bits per heavy atom. The van der Waals surface area contributed by atoms with E-state index in [1.54, 1.807) is 13.8 Å². The maximum atomic E-state index is 12.5. The molecular weight excluding hydrogens is 193 g/mol. The molecule has 2 nitrogen and oxygen atoms in total. The van der Waals surface area contributed by atoms with Gasteiger partial charge in [0.15, 0.2) is 0 Å². The highest BCUT2D eigenvalue weighted by atomic mass is 19.4. The molecule has 0 radical (unpaired) electrons. The van der Waals surface area contributed by atoms with E-state index >= 15 is 0 Å². The van der Waals surface area contributed by atoms with E-state index in [-0.39, 0.29) is 17.4 Å². The number of rotatable bonds is 1. The van der Waals surface area contributed by atoms with Gasteiger partial charge in [0.1, 0.15) is 5.82 Å². The molecule has 0 aliphatic rings. The van der Waals surface area contributed by atoms with Gasteiger partial charge in [0.05, 0.1) is 11.3 Å². The van der Waals surface area contributed by atoms with Gasteiger partial charge >= 0.3 is 6.18 Å². The van der Waals surface area contributed by atoms with Gasteiger partial charge in [-0.2, -0.15) is 13.2 Å². The summed E-state index contributed by atoms with van der Waals surface area (Å²) in [6.07, 6.45) is -4.36. The Hall–Kier alpha value is -1.26. The van der Waals surface area contributed by atoms with Gasteiger partial charge in [-0.1, -0.05) is 13.8 Å². The van der Waals surface area contributed by atoms with Gasteiger partial charge < -0.3 is 5.73 Å². The number of halogens is 3. The number of hydrogen-bond donors (Lipinski definition) is 1. The predicted octanol–water partition coefficient (Wildman–Crippen LogP) is 2.81. The molecule has 0 bridgehead atoms. The summed E-state index contributed by atoms with van der Waals surface area (Å²) in [5, 5.41) is 0. The molecule has 0 aromatic carbocycles. The molecule has 0 fully saturated rings. The number of nitrogens with two attached hydrogens (primary N) is 1. The minimum Gasteiger partial charge on any atom is -0.384 e. The highest BCUT2D eigenvalue weighted by Crippen LogP contribution is 2.34. The van der Waals surface area contributed by atoms with Crippen LogP contribution in [0, 0.1) is 0 Å². The van der Waals surface area contributed by atoms with Crippen molar-refractivity contribution in [1.29, 1.82) is 0 Å². The molecule has 0 saturated carbocycles. The van der Waals surface area contributed by atoms with Crippen LogP contribution in [0.1, 0.15) is 31.0 Å². The summed E-state index contributed by atoms with van der Waals surface area (Å²) in [6.45, 7) is 3.30. The summed E-state index contributed by atoms with van der Waals surface area (Å²) in [4.78, 5) is 3.70. The Kier molecular flexibility index (Phi) is 2.69. The first-order valence-corrected chi connectivity index (χ1v) is 4.16. The molecule has 1 aromatic rings. The fraction of sp³-hybridized carbons (Fsp3) is 0.444. The van der Waals surface area contributed by atoms with Crippen molar-refractivity contribution in [3.63, 3.8) is 0 Å². The van der Waals surface area contributed by atoms with Crippen molar-refractivity contribution in [2.24, 2.45) is 0 Å². The quantitative estimate of drug-likeness (QED) is 0.763. The summed E-state index contributed by atoms with van der Waals surface area (Å²) in [5.74, 6) is -0.183. The van der Waals surface area contributed by atoms with Gasteiger partial charge in [0.2, 0.25) is 0 Å². The van der Waals surface area contributed by atoms with Gasteiger partial charge in [-0.3, -0.25) is 0 Å². The largest absolute Gasteiger partial charge is 0.418 e. The molecule has 0 saturated heterocycles. The van der Waals surface area contributed by atoms with Crippen molar-refractivity contribution in [3.05, 3.63) is 23.4 Å². The lowest BCUT2D eigenvalue weighted by Crippen LogP contribution is -2.12. The summed E-state index contributed by atoms with van der Waals surface area (Å²) >= 11 is 0. The highest BCUT2D eigenvalue weighted by molar-refractivity contribution is 5.36. The summed E-state index contributed by atoms with van der Waals surface area (Å²) in [5.41, 5.74) is 4.62. The van der Waals surface area contributed by atoms with Crippen molar-refractivity contribution < 1.29 is 13.2 Å². The average molecular weight is 204 g/mol. The van der Waals surface area contributed by atoms with Crippen LogP contribution in [0.25, 0.3) is 0 Å². The molecule has 5 heteroatoms. The van der Waals surface area contributed by atoms with Crippen LogP contribution in [-0.2, 0) is 6.18 Å². The Labute approximate surface area is 79.9 Å². The Morgan fingerprint density at radius 3 is 2.29 bits per heavy atom. The molecule has 0 spiro atoms. The molecule has 14 heavy (non-hydrogen) atoms. The minimum atomic E-state index is -4.36. The monoisotopic (exact) mass is 204 g/mol. The van der Waals surface area contributed by atoms with Crippen LogP contribution in [-0.4, -0.2) is 4.98 Å². The van der Waals surface area contributed by atoms with Crippen LogP contribution < -0.4 is 5.73 Å². The second kappa shape index (κ2) is 3.48. The lowest BCUT2D eigenvalue weighted by molar-refractivity contribution is -0.138. The first kappa shape index (κ1) is 10.8. The van der Waals surface area contributed by atoms with Crippen LogP contribution in [0.15, 0.2) is 12.1 Å². The third-order valence-electron chi connectivity index (χ3n) is 1.80. The first-order valence-electron chi connectivity index (χ1n) is 4.16. The number of nitrogens with zero attached hydrogens (tertiary/aromatic N) is 1. The number of nitrogen functional groups attached to an aromatic ring is 1. The maximum absolute atomic E-state index is 12.5. The molecule has 1 aromatic heterocycles. The third kappa shape index (κ3) is 2.16. The average Bonchev–Trinajstić information content (AvgIpc) is 2.01. The topological polar surface area (TPSA) is 38.9 Å². The number of anilines is 1. The van der Waals surface area contributed by atoms with Crippen LogP contribution in [0.5, 0.6) is 0 Å². The van der Waals surface area contributed by atoms with E-state index in [1.165, 1.54) is 0 Å². The lowest BCUT2D eigenvalue weighted by Gasteiger charge is -2.14. The standard InChI is InChI=1S/C9H11F3N2/c1-5(2)8-6(9(10,11)12)3-4-7(13)14-8/h3-5H,1-2H3,(H2,13,14). The number of pyridine rings is 1. The SMILES string of the molecule is CC(C)c1nc(N)ccc1C(F)(F)F. The summed E-state index contributed by atoms with van der Waals surface area (Å²) in [6, 6.07) is 2.13. The molecule has 78 valence electrons. The van der Waals surface area contributed by atoms with E-state index in [9.17, 15) is 13.2 Å². The molecule has 0 unspecified atom stereocenters. The Balaban J connectivity index is 3.29. The first-order chi connectivity index (χ1) is 6.32. The molecule has 0 aliphatic carbocycles. The van der Waals surface area contributed by atoms with Crippen molar-refractivity contribution in [1.82, 2.24) is 4.98 Å². The van der Waals surface area contributed by atoms with E-state index in [2.05, 4.69) is 4.98 Å². The van der Waals surface area contributed by atoms with E-state index in [4.69, 9.17) is 5.73 Å². The van der Waals surface area contributed by atoms with E-state index in [0.717, 1.165) is 12.1 Å². The van der Waals surface area contributed by atoms with E-state index in [1.807, 2.05) is 0 Å². The van der Waals surface area contributed by atoms with E-state index < -0.39 is 11.7 Å². The summed E-state index contributed by atoms with van der Waals surface area (Å²) in [7, 11) is 0. The smallest absolute Gasteiger partial charge is 0.384 e. The van der Waals surface area contributed by atoms with Gasteiger partial charge in [0.25, 0.3) is 0 Å². The zero-order valence-electron chi connectivity index (χ0n) is 7.89. The zero-order chi connectivity index (χ0) is 10.9. The second-order valence-corrected chi connectivity index (χ2v) is 3.32. The minimum absolute atomic E-state index is 0.00231. The number of alkyl halides is 3. The molecular formula is C9H11F3N2. The second-order valence-electron chi connectivity index (χ2n) is 3.32. The van der Waals surface area contributed by atoms with Gasteiger partial charge in [-0.25, -0.2) is 4.98 Å². The zero-order valence-corrected chi connectivity index (χ0v) is 7.89. The Bertz CT molecular complexity index is 331. The molecule has 0 aliphatic heterocycles. The molecule has 1 heterocycles. The summed E-state index contributed by atoms with van der Waals surface area (Å²) < 4.78 is 37.4. The van der Waals surface area contributed by atoms with E-state index in [0.29, 0.717) is 0 Å². The third-order valence-corrected chi connectivity index (χ3v) is 1.80. The number of aromatic nitrogens is 1. The van der Waals surface area contributed by atoms with Crippen LogP contribution in [0.2, 0.25) is 0 Å². The van der Waals surface area contributed by atoms with Crippen molar-refractivity contribution in [2.45, 2.75) is 25.9 Å². The molecule has 0 atom stereocenters. The maximum Gasteiger partial charge on any atom is 0.418 e. The van der Waals surface area contributed by atoms with Crippen LogP contribution in [0.3, 0.4) is 0 Å². The van der Waals surface area contributed by atoms with Crippen molar-refractivity contribution in [3.8, 4) is 0 Å². The fourth-order valence-corrected chi connectivity index (χ4v) is 1.17. The normalized spacial score (nSPS) is 12.1. The van der Waals surface area contributed by atoms with Gasteiger partial charge in [-0.05, 0) is 18.1 Å². The molecule has 0 amide bonds. The van der Waals surface area contributed by atoms with Gasteiger partial charge in [0, 0.05) is 0 Å². The number of hydrogen-bond acceptors (Lipinski definition) is 2. The molecule has 1 rings (SSSR count). The molecule has 2 N–H and O–H groups in total. The Morgan fingerprint density at radius 1 is 1.29 bits per heavy atom. The van der Waals surface area contributed by atoms with Crippen LogP contribution in [0.4, 0.5) is 19.0 Å². The van der Waals surface area contributed by atoms with Crippen molar-refractivity contribution in [2.75, 3.05) is 5.73 Å². The lowest BCUT2D eigenvalue weighted by atomic mass is 10.0. The van der Waals surface area contributed by atoms with Crippen molar-refractivity contribution >= 4 is 5.82 Å². The predicted molar refractivity (Wildman–Crippen MR) is 47.7 cm³/mol. The van der Waals surface area contributed by atoms with Gasteiger partial charge in [-0.15, -0.1) is 0 Å². The fourth-order valence-electron chi connectivity index (χ4n) is 1.17. The van der Waals surface area contributed by atoms with Crippen LogP contribution >= 0.6 is 0 Å².